The molecule has 3 aromatic rings. The standard InChI is InChI=1S/C21H16N4O2/c1-14(26)16-4-8-18(9-5-16)25-21(27)20-12-19(10-11-23-20)24-17-6-2-15(13-22)3-7-17/h2-12H,1H3,(H,23,24)(H,25,27). The van der Waals surface area contributed by atoms with Gasteiger partial charge in [-0.15, -0.1) is 0 Å². The Labute approximate surface area is 156 Å². The van der Waals surface area contributed by atoms with Crippen LogP contribution in [-0.4, -0.2) is 16.7 Å². The molecule has 0 aliphatic heterocycles. The number of carbonyl (C=O) groups excluding carboxylic acids is 2. The summed E-state index contributed by atoms with van der Waals surface area (Å²) in [4.78, 5) is 27.8. The molecule has 0 aliphatic carbocycles. The van der Waals surface area contributed by atoms with Crippen LogP contribution in [0.3, 0.4) is 0 Å². The van der Waals surface area contributed by atoms with E-state index in [9.17, 15) is 9.59 Å². The third kappa shape index (κ3) is 4.55. The number of amides is 1. The molecule has 0 spiro atoms. The van der Waals surface area contributed by atoms with E-state index in [0.29, 0.717) is 22.5 Å². The highest BCUT2D eigenvalue weighted by molar-refractivity contribution is 6.03. The number of carbonyl (C=O) groups is 2. The van der Waals surface area contributed by atoms with E-state index in [1.54, 1.807) is 66.9 Å². The molecule has 0 fully saturated rings. The third-order valence-corrected chi connectivity index (χ3v) is 3.84. The van der Waals surface area contributed by atoms with Crippen molar-refractivity contribution >= 4 is 28.8 Å². The lowest BCUT2D eigenvalue weighted by molar-refractivity contribution is 0.101. The number of ketones is 1. The fourth-order valence-electron chi connectivity index (χ4n) is 2.41. The smallest absolute Gasteiger partial charge is 0.274 e. The number of hydrogen-bond acceptors (Lipinski definition) is 5. The van der Waals surface area contributed by atoms with Crippen LogP contribution in [-0.2, 0) is 0 Å². The van der Waals surface area contributed by atoms with E-state index < -0.39 is 0 Å². The molecular formula is C21H16N4O2. The molecule has 2 aromatic carbocycles. The summed E-state index contributed by atoms with van der Waals surface area (Å²) in [5.74, 6) is -0.384. The molecule has 0 saturated carbocycles. The van der Waals surface area contributed by atoms with Crippen molar-refractivity contribution in [2.24, 2.45) is 0 Å². The van der Waals surface area contributed by atoms with Gasteiger partial charge in [-0.05, 0) is 67.6 Å². The first-order chi connectivity index (χ1) is 13.0. The second-order valence-electron chi connectivity index (χ2n) is 5.83. The van der Waals surface area contributed by atoms with Crippen molar-refractivity contribution in [2.75, 3.05) is 10.6 Å². The maximum absolute atomic E-state index is 12.4. The fourth-order valence-corrected chi connectivity index (χ4v) is 2.41. The van der Waals surface area contributed by atoms with E-state index in [1.807, 2.05) is 0 Å². The second-order valence-corrected chi connectivity index (χ2v) is 5.83. The highest BCUT2D eigenvalue weighted by Crippen LogP contribution is 2.18. The second kappa shape index (κ2) is 7.93. The van der Waals surface area contributed by atoms with E-state index >= 15 is 0 Å². The maximum atomic E-state index is 12.4. The number of anilines is 3. The Morgan fingerprint density at radius 1 is 0.926 bits per heavy atom. The molecule has 27 heavy (non-hydrogen) atoms. The Bertz CT molecular complexity index is 1020. The van der Waals surface area contributed by atoms with Gasteiger partial charge in [-0.3, -0.25) is 14.6 Å². The number of nitrogens with zero attached hydrogens (tertiary/aromatic N) is 2. The Balaban J connectivity index is 1.71. The predicted molar refractivity (Wildman–Crippen MR) is 103 cm³/mol. The van der Waals surface area contributed by atoms with E-state index in [4.69, 9.17) is 5.26 Å². The number of rotatable bonds is 5. The van der Waals surface area contributed by atoms with Gasteiger partial charge in [-0.2, -0.15) is 5.26 Å². The van der Waals surface area contributed by atoms with Crippen molar-refractivity contribution in [1.82, 2.24) is 4.98 Å². The van der Waals surface area contributed by atoms with Crippen LogP contribution in [0.25, 0.3) is 0 Å². The van der Waals surface area contributed by atoms with Gasteiger partial charge in [0.1, 0.15) is 5.69 Å². The van der Waals surface area contributed by atoms with Gasteiger partial charge in [0.15, 0.2) is 5.78 Å². The van der Waals surface area contributed by atoms with Crippen LogP contribution in [0.4, 0.5) is 17.1 Å². The molecule has 0 saturated heterocycles. The van der Waals surface area contributed by atoms with Crippen LogP contribution in [0.5, 0.6) is 0 Å². The zero-order chi connectivity index (χ0) is 19.2. The van der Waals surface area contributed by atoms with Crippen molar-refractivity contribution in [2.45, 2.75) is 6.92 Å². The first-order valence-electron chi connectivity index (χ1n) is 8.21. The summed E-state index contributed by atoms with van der Waals surface area (Å²) in [5.41, 5.74) is 3.49. The van der Waals surface area contributed by atoms with Crippen LogP contribution >= 0.6 is 0 Å². The van der Waals surface area contributed by atoms with Gasteiger partial charge < -0.3 is 10.6 Å². The Morgan fingerprint density at radius 2 is 1.59 bits per heavy atom. The molecule has 0 radical (unpaired) electrons. The molecule has 0 unspecified atom stereocenters. The zero-order valence-corrected chi connectivity index (χ0v) is 14.6. The minimum Gasteiger partial charge on any atom is -0.355 e. The molecule has 1 amide bonds. The summed E-state index contributed by atoms with van der Waals surface area (Å²) in [6, 6.07) is 19.1. The number of benzene rings is 2. The highest BCUT2D eigenvalue weighted by atomic mass is 16.2. The Morgan fingerprint density at radius 3 is 2.22 bits per heavy atom. The van der Waals surface area contributed by atoms with E-state index in [0.717, 1.165) is 5.69 Å². The summed E-state index contributed by atoms with van der Waals surface area (Å²) in [6.07, 6.45) is 1.54. The normalized spacial score (nSPS) is 9.93. The molecule has 6 heteroatoms. The number of nitrogens with one attached hydrogen (secondary N) is 2. The topological polar surface area (TPSA) is 94.9 Å². The average Bonchev–Trinajstić information content (AvgIpc) is 2.69. The number of pyridine rings is 1. The first kappa shape index (κ1) is 17.8. The monoisotopic (exact) mass is 356 g/mol. The van der Waals surface area contributed by atoms with Crippen LogP contribution in [0.1, 0.15) is 33.3 Å². The molecule has 6 nitrogen and oxygen atoms in total. The third-order valence-electron chi connectivity index (χ3n) is 3.84. The Hall–Kier alpha value is -3.98. The van der Waals surface area contributed by atoms with Crippen molar-refractivity contribution in [3.05, 3.63) is 83.7 Å². The molecule has 1 heterocycles. The zero-order valence-electron chi connectivity index (χ0n) is 14.6. The van der Waals surface area contributed by atoms with Crippen molar-refractivity contribution in [1.29, 1.82) is 5.26 Å². The summed E-state index contributed by atoms with van der Waals surface area (Å²) < 4.78 is 0. The van der Waals surface area contributed by atoms with Crippen LogP contribution < -0.4 is 10.6 Å². The molecule has 0 bridgehead atoms. The average molecular weight is 356 g/mol. The van der Waals surface area contributed by atoms with E-state index in [2.05, 4.69) is 21.7 Å². The molecule has 1 aromatic heterocycles. The quantitative estimate of drug-likeness (QED) is 0.670. The summed E-state index contributed by atoms with van der Waals surface area (Å²) >= 11 is 0. The lowest BCUT2D eigenvalue weighted by atomic mass is 10.1. The van der Waals surface area contributed by atoms with Gasteiger partial charge in [0.25, 0.3) is 5.91 Å². The van der Waals surface area contributed by atoms with Gasteiger partial charge in [-0.1, -0.05) is 0 Å². The van der Waals surface area contributed by atoms with Crippen LogP contribution in [0.15, 0.2) is 66.9 Å². The van der Waals surface area contributed by atoms with Crippen LogP contribution in [0.2, 0.25) is 0 Å². The van der Waals surface area contributed by atoms with Crippen molar-refractivity contribution in [3.8, 4) is 6.07 Å². The van der Waals surface area contributed by atoms with Crippen molar-refractivity contribution in [3.63, 3.8) is 0 Å². The summed E-state index contributed by atoms with van der Waals surface area (Å²) in [7, 11) is 0. The van der Waals surface area contributed by atoms with Gasteiger partial charge in [0, 0.05) is 28.8 Å². The number of hydrogen-bond donors (Lipinski definition) is 2. The van der Waals surface area contributed by atoms with Crippen LogP contribution in [0, 0.1) is 11.3 Å². The molecule has 3 rings (SSSR count). The first-order valence-corrected chi connectivity index (χ1v) is 8.21. The van der Waals surface area contributed by atoms with Gasteiger partial charge in [0.2, 0.25) is 0 Å². The van der Waals surface area contributed by atoms with Gasteiger partial charge in [-0.25, -0.2) is 0 Å². The van der Waals surface area contributed by atoms with E-state index in [-0.39, 0.29) is 17.4 Å². The summed E-state index contributed by atoms with van der Waals surface area (Å²) in [6.45, 7) is 1.49. The lowest BCUT2D eigenvalue weighted by Gasteiger charge is -2.09. The predicted octanol–water partition coefficient (Wildman–Crippen LogP) is 4.15. The van der Waals surface area contributed by atoms with Gasteiger partial charge >= 0.3 is 0 Å². The summed E-state index contributed by atoms with van der Waals surface area (Å²) in [5, 5.41) is 14.8. The molecule has 0 atom stereocenters. The lowest BCUT2D eigenvalue weighted by Crippen LogP contribution is -2.14. The Kier molecular flexibility index (Phi) is 5.24. The number of aromatic nitrogens is 1. The highest BCUT2D eigenvalue weighted by Gasteiger charge is 2.09. The minimum atomic E-state index is -0.353. The fraction of sp³-hybridized carbons (Fsp3) is 0.0476. The molecular weight excluding hydrogens is 340 g/mol. The van der Waals surface area contributed by atoms with E-state index in [1.165, 1.54) is 6.92 Å². The molecule has 132 valence electrons. The molecule has 0 aliphatic rings. The SMILES string of the molecule is CC(=O)c1ccc(NC(=O)c2cc(Nc3ccc(C#N)cc3)ccn2)cc1. The largest absolute Gasteiger partial charge is 0.355 e. The van der Waals surface area contributed by atoms with Gasteiger partial charge in [0.05, 0.1) is 11.6 Å². The van der Waals surface area contributed by atoms with Crippen molar-refractivity contribution < 1.29 is 9.59 Å². The minimum absolute atomic E-state index is 0.0314. The molecule has 2 N–H and O–H groups in total. The number of nitriles is 1. The maximum Gasteiger partial charge on any atom is 0.274 e. The number of Topliss-reactive ketones (excluding diaryl/α,β-unsaturated/α-hetero) is 1.